The quantitative estimate of drug-likeness (QED) is 0.472. The molecule has 1 aromatic heterocycles. The zero-order valence-electron chi connectivity index (χ0n) is 15.0. The van der Waals surface area contributed by atoms with Gasteiger partial charge >= 0.3 is 7.12 Å². The molecule has 0 bridgehead atoms. The van der Waals surface area contributed by atoms with Crippen molar-refractivity contribution < 1.29 is 14.8 Å². The van der Waals surface area contributed by atoms with Crippen LogP contribution < -0.4 is 11.2 Å². The number of imidazole rings is 1. The third-order valence-corrected chi connectivity index (χ3v) is 5.11. The van der Waals surface area contributed by atoms with Crippen LogP contribution >= 0.6 is 32.9 Å². The number of nitrogens with two attached hydrogens (primary N) is 1. The van der Waals surface area contributed by atoms with Crippen LogP contribution in [0.15, 0.2) is 59.2 Å². The van der Waals surface area contributed by atoms with Gasteiger partial charge in [-0.05, 0) is 39.9 Å². The molecular formula is C19H20BBr2N3O3. The fourth-order valence-corrected chi connectivity index (χ4v) is 3.59. The lowest BCUT2D eigenvalue weighted by atomic mass is 9.80. The smallest absolute Gasteiger partial charge is 0.423 e. The number of nitrogens with zero attached hydrogens (tertiary/aromatic N) is 2. The Balaban J connectivity index is 0.000000199. The number of benzene rings is 2. The molecule has 2 aromatic carbocycles. The molecule has 0 spiro atoms. The summed E-state index contributed by atoms with van der Waals surface area (Å²) in [5.41, 5.74) is 7.92. The summed E-state index contributed by atoms with van der Waals surface area (Å²) in [6.45, 7) is 1.09. The summed E-state index contributed by atoms with van der Waals surface area (Å²) in [7, 11) is -1.51. The molecule has 0 fully saturated rings. The molecule has 1 aliphatic heterocycles. The molecule has 6 nitrogen and oxygen atoms in total. The van der Waals surface area contributed by atoms with Crippen molar-refractivity contribution in [3.05, 3.63) is 70.6 Å². The normalized spacial score (nSPS) is 11.7. The molecule has 0 radical (unpaired) electrons. The first kappa shape index (κ1) is 22.4. The summed E-state index contributed by atoms with van der Waals surface area (Å²) < 4.78 is 3.39. The number of rotatable bonds is 3. The third kappa shape index (κ3) is 5.11. The highest BCUT2D eigenvalue weighted by atomic mass is 79.9. The average Bonchev–Trinajstić information content (AvgIpc) is 3.26. The van der Waals surface area contributed by atoms with Gasteiger partial charge in [0.05, 0.1) is 0 Å². The second-order valence-electron chi connectivity index (χ2n) is 6.15. The molecule has 0 atom stereocenters. The highest BCUT2D eigenvalue weighted by molar-refractivity contribution is 9.10. The maximum atomic E-state index is 10.6. The van der Waals surface area contributed by atoms with E-state index in [1.165, 1.54) is 42.1 Å². The Morgan fingerprint density at radius 2 is 1.75 bits per heavy atom. The van der Waals surface area contributed by atoms with Crippen LogP contribution in [0.3, 0.4) is 0 Å². The minimum atomic E-state index is -1.51. The first-order valence-electron chi connectivity index (χ1n) is 8.53. The average molecular weight is 509 g/mol. The molecule has 28 heavy (non-hydrogen) atoms. The zero-order chi connectivity index (χ0) is 19.4. The monoisotopic (exact) mass is 507 g/mol. The van der Waals surface area contributed by atoms with Gasteiger partial charge in [-0.1, -0.05) is 42.5 Å². The summed E-state index contributed by atoms with van der Waals surface area (Å²) in [5.74, 6) is 0.676. The SMILES string of the molecule is Br.Brc1c(-c2ccccc2)nc2n1CCC2.NC(=O)c1ccc(B(O)O)cc1. The number of hydrogen-bond donors (Lipinski definition) is 3. The standard InChI is InChI=1S/C12H11BrN2.C7H8BNO3.BrH/c13-12-11(9-5-2-1-3-6-9)14-10-7-4-8-15(10)12;9-7(10)5-1-3-6(4-2-5)8(11)12;/h1-3,5-6H,4,7-8H2;1-4,11-12H,(H2,9,10);1H. The molecule has 4 N–H and O–H groups in total. The molecule has 1 aliphatic rings. The van der Waals surface area contributed by atoms with Gasteiger partial charge in [0.1, 0.15) is 16.1 Å². The summed E-state index contributed by atoms with van der Waals surface area (Å²) >= 11 is 3.64. The first-order valence-corrected chi connectivity index (χ1v) is 9.33. The van der Waals surface area contributed by atoms with Crippen LogP contribution in [-0.4, -0.2) is 32.6 Å². The highest BCUT2D eigenvalue weighted by Crippen LogP contribution is 2.31. The molecule has 3 aromatic rings. The Morgan fingerprint density at radius 3 is 2.29 bits per heavy atom. The van der Waals surface area contributed by atoms with Crippen molar-refractivity contribution in [3.8, 4) is 11.3 Å². The van der Waals surface area contributed by atoms with E-state index in [0.717, 1.165) is 23.3 Å². The highest BCUT2D eigenvalue weighted by Gasteiger charge is 2.19. The minimum absolute atomic E-state index is 0. The van der Waals surface area contributed by atoms with E-state index in [1.54, 1.807) is 0 Å². The Morgan fingerprint density at radius 1 is 1.11 bits per heavy atom. The van der Waals surface area contributed by atoms with E-state index >= 15 is 0 Å². The number of halogens is 2. The molecule has 9 heteroatoms. The van der Waals surface area contributed by atoms with Gasteiger partial charge in [0.25, 0.3) is 0 Å². The number of aromatic nitrogens is 2. The summed E-state index contributed by atoms with van der Waals surface area (Å²) in [4.78, 5) is 15.3. The minimum Gasteiger partial charge on any atom is -0.423 e. The summed E-state index contributed by atoms with van der Waals surface area (Å²) in [5, 5.41) is 17.4. The van der Waals surface area contributed by atoms with Gasteiger partial charge < -0.3 is 20.3 Å². The van der Waals surface area contributed by atoms with E-state index in [2.05, 4.69) is 37.6 Å². The van der Waals surface area contributed by atoms with E-state index in [9.17, 15) is 4.79 Å². The van der Waals surface area contributed by atoms with Gasteiger partial charge in [-0.25, -0.2) is 4.98 Å². The maximum Gasteiger partial charge on any atom is 0.488 e. The van der Waals surface area contributed by atoms with Crippen LogP contribution in [0.2, 0.25) is 0 Å². The number of aryl methyl sites for hydroxylation is 1. The number of hydrogen-bond acceptors (Lipinski definition) is 4. The second-order valence-corrected chi connectivity index (χ2v) is 6.90. The van der Waals surface area contributed by atoms with E-state index in [0.29, 0.717) is 11.0 Å². The first-order chi connectivity index (χ1) is 13.0. The Labute approximate surface area is 182 Å². The lowest BCUT2D eigenvalue weighted by Gasteiger charge is -2.00. The molecule has 4 rings (SSSR count). The van der Waals surface area contributed by atoms with Crippen LogP contribution in [0.4, 0.5) is 0 Å². The van der Waals surface area contributed by atoms with Gasteiger partial charge in [0, 0.05) is 24.1 Å². The van der Waals surface area contributed by atoms with Crippen molar-refractivity contribution in [1.82, 2.24) is 9.55 Å². The number of primary amides is 1. The maximum absolute atomic E-state index is 10.6. The third-order valence-electron chi connectivity index (χ3n) is 4.31. The van der Waals surface area contributed by atoms with Gasteiger partial charge in [-0.15, -0.1) is 17.0 Å². The van der Waals surface area contributed by atoms with Crippen molar-refractivity contribution in [2.45, 2.75) is 19.4 Å². The van der Waals surface area contributed by atoms with Crippen molar-refractivity contribution in [3.63, 3.8) is 0 Å². The second kappa shape index (κ2) is 10.0. The number of carbonyl (C=O) groups excluding carboxylic acids is 1. The van der Waals surface area contributed by atoms with Crippen molar-refractivity contribution in [2.75, 3.05) is 0 Å². The Bertz CT molecular complexity index is 932. The van der Waals surface area contributed by atoms with Crippen LogP contribution in [0.1, 0.15) is 22.6 Å². The molecule has 0 aliphatic carbocycles. The molecule has 2 heterocycles. The number of carbonyl (C=O) groups is 1. The van der Waals surface area contributed by atoms with Crippen LogP contribution in [0, 0.1) is 0 Å². The molecule has 1 amide bonds. The van der Waals surface area contributed by atoms with Crippen molar-refractivity contribution >= 4 is 51.4 Å². The molecule has 0 saturated carbocycles. The van der Waals surface area contributed by atoms with Crippen molar-refractivity contribution in [2.24, 2.45) is 5.73 Å². The molecule has 0 saturated heterocycles. The molecule has 146 valence electrons. The fourth-order valence-electron chi connectivity index (χ4n) is 2.89. The van der Waals surface area contributed by atoms with Crippen molar-refractivity contribution in [1.29, 1.82) is 0 Å². The van der Waals surface area contributed by atoms with E-state index in [4.69, 9.17) is 15.8 Å². The van der Waals surface area contributed by atoms with E-state index in [1.807, 2.05) is 18.2 Å². The molecular weight excluding hydrogens is 489 g/mol. The Kier molecular flexibility index (Phi) is 8.00. The predicted molar refractivity (Wildman–Crippen MR) is 119 cm³/mol. The largest absolute Gasteiger partial charge is 0.488 e. The van der Waals surface area contributed by atoms with Crippen LogP contribution in [0.5, 0.6) is 0 Å². The van der Waals surface area contributed by atoms with Gasteiger partial charge in [0.15, 0.2) is 0 Å². The van der Waals surface area contributed by atoms with E-state index < -0.39 is 13.0 Å². The topological polar surface area (TPSA) is 101 Å². The Hall–Kier alpha value is -1.94. The fraction of sp³-hybridized carbons (Fsp3) is 0.158. The number of fused-ring (bicyclic) bond motifs is 1. The van der Waals surface area contributed by atoms with Gasteiger partial charge in [0.2, 0.25) is 5.91 Å². The molecule has 0 unspecified atom stereocenters. The lowest BCUT2D eigenvalue weighted by molar-refractivity contribution is 0.100. The van der Waals surface area contributed by atoms with Crippen LogP contribution in [-0.2, 0) is 13.0 Å². The summed E-state index contributed by atoms with van der Waals surface area (Å²) in [6, 6.07) is 16.1. The number of amides is 1. The van der Waals surface area contributed by atoms with Gasteiger partial charge in [-0.2, -0.15) is 0 Å². The van der Waals surface area contributed by atoms with Crippen LogP contribution in [0.25, 0.3) is 11.3 Å². The predicted octanol–water partition coefficient (Wildman–Crippen LogP) is 2.30. The lowest BCUT2D eigenvalue weighted by Crippen LogP contribution is -2.29. The van der Waals surface area contributed by atoms with Gasteiger partial charge in [-0.3, -0.25) is 4.79 Å². The summed E-state index contributed by atoms with van der Waals surface area (Å²) in [6.07, 6.45) is 2.32. The van der Waals surface area contributed by atoms with E-state index in [-0.39, 0.29) is 17.0 Å². The zero-order valence-corrected chi connectivity index (χ0v) is 18.3.